The van der Waals surface area contributed by atoms with Gasteiger partial charge in [0.15, 0.2) is 5.78 Å². The average Bonchev–Trinajstić information content (AvgIpc) is 2.65. The molecule has 1 aliphatic carbocycles. The molecule has 0 bridgehead atoms. The summed E-state index contributed by atoms with van der Waals surface area (Å²) in [6, 6.07) is 3.43. The van der Waals surface area contributed by atoms with E-state index in [2.05, 4.69) is 17.3 Å². The number of rotatable bonds is 5. The molecule has 0 atom stereocenters. The average molecular weight is 417 g/mol. The molecule has 0 unspecified atom stereocenters. The first kappa shape index (κ1) is 21.6. The molecule has 1 N–H and O–H groups in total. The van der Waals surface area contributed by atoms with E-state index in [0.717, 1.165) is 49.1 Å². The maximum Gasteiger partial charge on any atom is 0.252 e. The van der Waals surface area contributed by atoms with E-state index in [9.17, 15) is 9.59 Å². The number of amides is 1. The van der Waals surface area contributed by atoms with Crippen molar-refractivity contribution >= 4 is 23.3 Å². The third-order valence-corrected chi connectivity index (χ3v) is 5.91. The number of hydrogen-bond acceptors (Lipinski definition) is 4. The van der Waals surface area contributed by atoms with E-state index in [-0.39, 0.29) is 24.3 Å². The Hall–Kier alpha value is -2.11. The Labute approximate surface area is 177 Å². The third kappa shape index (κ3) is 5.28. The fourth-order valence-electron chi connectivity index (χ4n) is 3.89. The highest BCUT2D eigenvalue weighted by molar-refractivity contribution is 6.31. The summed E-state index contributed by atoms with van der Waals surface area (Å²) >= 11 is 6.28. The molecule has 5 nitrogen and oxygen atoms in total. The van der Waals surface area contributed by atoms with Crippen molar-refractivity contribution in [3.05, 3.63) is 51.1 Å². The molecule has 1 aliphatic heterocycles. The second kappa shape index (κ2) is 9.14. The van der Waals surface area contributed by atoms with E-state index in [0.29, 0.717) is 21.9 Å². The van der Waals surface area contributed by atoms with Crippen LogP contribution in [0.15, 0.2) is 34.9 Å². The number of hydrogen-bond donors (Lipinski definition) is 1. The molecule has 1 amide bonds. The molecule has 3 rings (SSSR count). The highest BCUT2D eigenvalue weighted by atomic mass is 35.5. The Bertz CT molecular complexity index is 880. The number of carbonyl (C=O) groups excluding carboxylic acids is 2. The number of benzene rings is 1. The standard InChI is InChI=1S/C23H29ClN2O3/c1-14-9-15(2)20(21(27)10-14)13-25-23(28)19-11-17(24)12-22(16(19)3)29-18-5-7-26(4)8-6-18/h10-12,18H,5-9,13H2,1-4H3,(H,25,28). The summed E-state index contributed by atoms with van der Waals surface area (Å²) in [6.45, 7) is 7.95. The zero-order valence-corrected chi connectivity index (χ0v) is 18.4. The van der Waals surface area contributed by atoms with Gasteiger partial charge in [-0.15, -0.1) is 0 Å². The summed E-state index contributed by atoms with van der Waals surface area (Å²) in [6.07, 6.45) is 4.44. The molecule has 1 aromatic rings. The molecule has 156 valence electrons. The monoisotopic (exact) mass is 416 g/mol. The molecule has 6 heteroatoms. The Morgan fingerprint density at radius 3 is 2.59 bits per heavy atom. The van der Waals surface area contributed by atoms with Crippen LogP contribution in [0.25, 0.3) is 0 Å². The van der Waals surface area contributed by atoms with E-state index < -0.39 is 0 Å². The molecule has 0 saturated carbocycles. The van der Waals surface area contributed by atoms with E-state index in [1.54, 1.807) is 18.2 Å². The van der Waals surface area contributed by atoms with Crippen molar-refractivity contribution in [3.63, 3.8) is 0 Å². The number of allylic oxidation sites excluding steroid dienone is 3. The second-order valence-corrected chi connectivity index (χ2v) is 8.61. The molecule has 1 fully saturated rings. The number of ether oxygens (including phenoxy) is 1. The van der Waals surface area contributed by atoms with Crippen molar-refractivity contribution in [1.29, 1.82) is 0 Å². The number of carbonyl (C=O) groups is 2. The maximum absolute atomic E-state index is 12.8. The maximum atomic E-state index is 12.8. The van der Waals surface area contributed by atoms with Gasteiger partial charge in [-0.05, 0) is 65.3 Å². The highest BCUT2D eigenvalue weighted by Crippen LogP contribution is 2.29. The van der Waals surface area contributed by atoms with Crippen LogP contribution in [0, 0.1) is 6.92 Å². The van der Waals surface area contributed by atoms with E-state index in [4.69, 9.17) is 16.3 Å². The molecular weight excluding hydrogens is 388 g/mol. The van der Waals surface area contributed by atoms with Crippen molar-refractivity contribution in [2.24, 2.45) is 0 Å². The second-order valence-electron chi connectivity index (χ2n) is 8.17. The minimum atomic E-state index is -0.252. The van der Waals surface area contributed by atoms with Crippen molar-refractivity contribution in [1.82, 2.24) is 10.2 Å². The molecule has 2 aliphatic rings. The van der Waals surface area contributed by atoms with Crippen LogP contribution in [0.4, 0.5) is 0 Å². The lowest BCUT2D eigenvalue weighted by Crippen LogP contribution is -2.36. The van der Waals surface area contributed by atoms with E-state index in [1.807, 2.05) is 20.8 Å². The first-order valence-electron chi connectivity index (χ1n) is 10.1. The van der Waals surface area contributed by atoms with Crippen molar-refractivity contribution in [2.45, 2.75) is 46.1 Å². The van der Waals surface area contributed by atoms with Gasteiger partial charge in [-0.2, -0.15) is 0 Å². The first-order chi connectivity index (χ1) is 13.7. The van der Waals surface area contributed by atoms with Crippen LogP contribution in [0.2, 0.25) is 5.02 Å². The molecular formula is C23H29ClN2O3. The summed E-state index contributed by atoms with van der Waals surface area (Å²) in [5, 5.41) is 3.35. The van der Waals surface area contributed by atoms with Crippen molar-refractivity contribution in [2.75, 3.05) is 26.7 Å². The van der Waals surface area contributed by atoms with E-state index in [1.165, 1.54) is 0 Å². The van der Waals surface area contributed by atoms with E-state index >= 15 is 0 Å². The SMILES string of the molecule is CC1=CC(=O)C(CNC(=O)c2cc(Cl)cc(OC3CCN(C)CC3)c2C)=C(C)C1. The van der Waals surface area contributed by atoms with Gasteiger partial charge in [-0.3, -0.25) is 9.59 Å². The zero-order chi connectivity index (χ0) is 21.1. The molecule has 0 spiro atoms. The van der Waals surface area contributed by atoms with Crippen LogP contribution in [0.1, 0.15) is 49.0 Å². The first-order valence-corrected chi connectivity index (χ1v) is 10.5. The Morgan fingerprint density at radius 2 is 1.93 bits per heavy atom. The van der Waals surface area contributed by atoms with Gasteiger partial charge in [0.25, 0.3) is 5.91 Å². The minimum absolute atomic E-state index is 0.0272. The lowest BCUT2D eigenvalue weighted by atomic mass is 9.92. The lowest BCUT2D eigenvalue weighted by molar-refractivity contribution is -0.111. The predicted octanol–water partition coefficient (Wildman–Crippen LogP) is 4.09. The number of ketones is 1. The molecule has 0 aromatic heterocycles. The number of nitrogens with one attached hydrogen (secondary N) is 1. The van der Waals surface area contributed by atoms with Crippen molar-refractivity contribution < 1.29 is 14.3 Å². The quantitative estimate of drug-likeness (QED) is 0.785. The molecule has 0 radical (unpaired) electrons. The fraction of sp³-hybridized carbons (Fsp3) is 0.478. The summed E-state index contributed by atoms with van der Waals surface area (Å²) in [5.74, 6) is 0.373. The normalized spacial score (nSPS) is 18.7. The summed E-state index contributed by atoms with van der Waals surface area (Å²) in [7, 11) is 2.11. The zero-order valence-electron chi connectivity index (χ0n) is 17.6. The topological polar surface area (TPSA) is 58.6 Å². The highest BCUT2D eigenvalue weighted by Gasteiger charge is 2.22. The Morgan fingerprint density at radius 1 is 1.24 bits per heavy atom. The van der Waals surface area contributed by atoms with Gasteiger partial charge in [0.2, 0.25) is 0 Å². The van der Waals surface area contributed by atoms with Crippen LogP contribution < -0.4 is 10.1 Å². The fourth-order valence-corrected chi connectivity index (χ4v) is 4.10. The molecule has 1 saturated heterocycles. The van der Waals surface area contributed by atoms with Gasteiger partial charge < -0.3 is 15.0 Å². The minimum Gasteiger partial charge on any atom is -0.490 e. The van der Waals surface area contributed by atoms with Gasteiger partial charge in [-0.25, -0.2) is 0 Å². The molecule has 29 heavy (non-hydrogen) atoms. The van der Waals surface area contributed by atoms with Gasteiger partial charge in [0.05, 0.1) is 0 Å². The number of nitrogens with zero attached hydrogens (tertiary/aromatic N) is 1. The summed E-state index contributed by atoms with van der Waals surface area (Å²) in [4.78, 5) is 27.4. The summed E-state index contributed by atoms with van der Waals surface area (Å²) < 4.78 is 6.18. The smallest absolute Gasteiger partial charge is 0.252 e. The van der Waals surface area contributed by atoms with Crippen LogP contribution in [0.5, 0.6) is 5.75 Å². The Balaban J connectivity index is 1.71. The van der Waals surface area contributed by atoms with Gasteiger partial charge in [0.1, 0.15) is 11.9 Å². The van der Waals surface area contributed by atoms with Crippen molar-refractivity contribution in [3.8, 4) is 5.75 Å². The third-order valence-electron chi connectivity index (χ3n) is 5.69. The number of piperidine rings is 1. The largest absolute Gasteiger partial charge is 0.490 e. The molecule has 1 aromatic carbocycles. The van der Waals surface area contributed by atoms with Gasteiger partial charge in [-0.1, -0.05) is 22.7 Å². The van der Waals surface area contributed by atoms with Crippen LogP contribution in [-0.2, 0) is 4.79 Å². The van der Waals surface area contributed by atoms with Gasteiger partial charge >= 0.3 is 0 Å². The predicted molar refractivity (Wildman–Crippen MR) is 116 cm³/mol. The number of halogens is 1. The van der Waals surface area contributed by atoms with Crippen LogP contribution in [0.3, 0.4) is 0 Å². The molecule has 1 heterocycles. The summed E-state index contributed by atoms with van der Waals surface area (Å²) in [5.41, 5.74) is 3.95. The van der Waals surface area contributed by atoms with Gasteiger partial charge in [0, 0.05) is 41.4 Å². The van der Waals surface area contributed by atoms with Crippen LogP contribution >= 0.6 is 11.6 Å². The Kier molecular flexibility index (Phi) is 6.81. The number of likely N-dealkylation sites (tertiary alicyclic amines) is 1. The lowest BCUT2D eigenvalue weighted by Gasteiger charge is -2.30. The van der Waals surface area contributed by atoms with Crippen LogP contribution in [-0.4, -0.2) is 49.4 Å².